The summed E-state index contributed by atoms with van der Waals surface area (Å²) in [7, 11) is 0. The zero-order valence-electron chi connectivity index (χ0n) is 11.1. The molecular formula is C13H19N3O3. The number of anilines is 1. The normalized spacial score (nSPS) is 23.0. The molecule has 0 radical (unpaired) electrons. The Hall–Kier alpha value is -1.40. The van der Waals surface area contributed by atoms with Crippen molar-refractivity contribution in [3.05, 3.63) is 11.9 Å². The van der Waals surface area contributed by atoms with Crippen LogP contribution in [0, 0.1) is 12.8 Å². The minimum atomic E-state index is -0.421. The summed E-state index contributed by atoms with van der Waals surface area (Å²) in [6.07, 6.45) is 4.71. The van der Waals surface area contributed by atoms with Crippen LogP contribution in [0.25, 0.3) is 0 Å². The molecule has 1 aromatic rings. The zero-order chi connectivity index (χ0) is 13.5. The fourth-order valence-corrected chi connectivity index (χ4v) is 2.86. The quantitative estimate of drug-likeness (QED) is 0.829. The molecule has 19 heavy (non-hydrogen) atoms. The van der Waals surface area contributed by atoms with Gasteiger partial charge in [-0.1, -0.05) is 0 Å². The van der Waals surface area contributed by atoms with Gasteiger partial charge < -0.3 is 15.2 Å². The van der Waals surface area contributed by atoms with Crippen LogP contribution in [0.5, 0.6) is 0 Å². The number of rotatable bonds is 1. The molecule has 104 valence electrons. The van der Waals surface area contributed by atoms with E-state index in [-0.39, 0.29) is 11.8 Å². The predicted octanol–water partition coefficient (Wildman–Crippen LogP) is 1.35. The lowest BCUT2D eigenvalue weighted by Gasteiger charge is -2.34. The van der Waals surface area contributed by atoms with E-state index in [0.717, 1.165) is 25.7 Å². The standard InChI is InChI=1S/C13H19N3O3/c1-9-11(14)8-16(15-9)12(17)10-2-4-13(5-3-10)18-6-7-19-13/h8,10H,2-7,14H2,1H3. The summed E-state index contributed by atoms with van der Waals surface area (Å²) in [5.41, 5.74) is 6.98. The van der Waals surface area contributed by atoms with Gasteiger partial charge in [-0.15, -0.1) is 0 Å². The highest BCUT2D eigenvalue weighted by Gasteiger charge is 2.42. The second-order valence-electron chi connectivity index (χ2n) is 5.33. The smallest absolute Gasteiger partial charge is 0.250 e. The largest absolute Gasteiger partial charge is 0.396 e. The Morgan fingerprint density at radius 3 is 2.58 bits per heavy atom. The molecule has 1 aromatic heterocycles. The molecule has 0 bridgehead atoms. The van der Waals surface area contributed by atoms with E-state index < -0.39 is 5.79 Å². The van der Waals surface area contributed by atoms with Crippen molar-refractivity contribution in [1.82, 2.24) is 9.78 Å². The molecule has 2 heterocycles. The molecule has 2 N–H and O–H groups in total. The molecule has 1 saturated heterocycles. The summed E-state index contributed by atoms with van der Waals surface area (Å²) < 4.78 is 12.7. The number of hydrogen-bond donors (Lipinski definition) is 1. The van der Waals surface area contributed by atoms with Crippen LogP contribution >= 0.6 is 0 Å². The minimum Gasteiger partial charge on any atom is -0.396 e. The van der Waals surface area contributed by atoms with E-state index >= 15 is 0 Å². The van der Waals surface area contributed by atoms with E-state index in [1.165, 1.54) is 4.68 Å². The minimum absolute atomic E-state index is 0.0166. The number of carbonyl (C=O) groups excluding carboxylic acids is 1. The number of nitrogens with zero attached hydrogens (tertiary/aromatic N) is 2. The van der Waals surface area contributed by atoms with Crippen LogP contribution in [0.2, 0.25) is 0 Å². The highest BCUT2D eigenvalue weighted by Crippen LogP contribution is 2.38. The van der Waals surface area contributed by atoms with Gasteiger partial charge >= 0.3 is 0 Å². The highest BCUT2D eigenvalue weighted by atomic mass is 16.7. The van der Waals surface area contributed by atoms with Crippen LogP contribution in [0.3, 0.4) is 0 Å². The first kappa shape index (κ1) is 12.6. The third-order valence-electron chi connectivity index (χ3n) is 4.07. The molecule has 1 aliphatic carbocycles. The SMILES string of the molecule is Cc1nn(C(=O)C2CCC3(CC2)OCCO3)cc1N. The van der Waals surface area contributed by atoms with Gasteiger partial charge in [0.2, 0.25) is 5.91 Å². The van der Waals surface area contributed by atoms with Crippen molar-refractivity contribution in [2.75, 3.05) is 18.9 Å². The van der Waals surface area contributed by atoms with Crippen molar-refractivity contribution in [2.24, 2.45) is 5.92 Å². The number of ether oxygens (including phenoxy) is 2. The summed E-state index contributed by atoms with van der Waals surface area (Å²) in [4.78, 5) is 12.3. The van der Waals surface area contributed by atoms with Crippen molar-refractivity contribution in [3.8, 4) is 0 Å². The highest BCUT2D eigenvalue weighted by molar-refractivity contribution is 5.81. The Morgan fingerprint density at radius 1 is 1.42 bits per heavy atom. The first-order chi connectivity index (χ1) is 9.10. The van der Waals surface area contributed by atoms with E-state index in [2.05, 4.69) is 5.10 Å². The summed E-state index contributed by atoms with van der Waals surface area (Å²) >= 11 is 0. The average molecular weight is 265 g/mol. The third kappa shape index (κ3) is 2.26. The molecule has 6 heteroatoms. The molecule has 2 fully saturated rings. The van der Waals surface area contributed by atoms with Gasteiger partial charge in [0, 0.05) is 18.8 Å². The van der Waals surface area contributed by atoms with Gasteiger partial charge in [0.15, 0.2) is 5.79 Å². The Labute approximate surface area is 111 Å². The first-order valence-electron chi connectivity index (χ1n) is 6.73. The molecule has 6 nitrogen and oxygen atoms in total. The fourth-order valence-electron chi connectivity index (χ4n) is 2.86. The number of hydrogen-bond acceptors (Lipinski definition) is 5. The van der Waals surface area contributed by atoms with Crippen molar-refractivity contribution >= 4 is 11.6 Å². The van der Waals surface area contributed by atoms with Crippen LogP contribution in [0.1, 0.15) is 36.2 Å². The monoisotopic (exact) mass is 265 g/mol. The van der Waals surface area contributed by atoms with Gasteiger partial charge in [-0.3, -0.25) is 4.79 Å². The molecule has 0 aromatic carbocycles. The van der Waals surface area contributed by atoms with E-state index in [1.807, 2.05) is 0 Å². The van der Waals surface area contributed by atoms with E-state index in [4.69, 9.17) is 15.2 Å². The Kier molecular flexibility index (Phi) is 3.06. The number of nitrogens with two attached hydrogens (primary N) is 1. The lowest BCUT2D eigenvalue weighted by atomic mass is 9.84. The Bertz CT molecular complexity index is 462. The van der Waals surface area contributed by atoms with Crippen LogP contribution in [-0.4, -0.2) is 34.7 Å². The second-order valence-corrected chi connectivity index (χ2v) is 5.33. The number of aromatic nitrogens is 2. The molecule has 0 unspecified atom stereocenters. The number of nitrogen functional groups attached to an aromatic ring is 1. The van der Waals surface area contributed by atoms with Crippen LogP contribution in [0.15, 0.2) is 6.20 Å². The summed E-state index contributed by atoms with van der Waals surface area (Å²) in [5.74, 6) is -0.416. The van der Waals surface area contributed by atoms with Crippen molar-refractivity contribution in [3.63, 3.8) is 0 Å². The van der Waals surface area contributed by atoms with Gasteiger partial charge in [-0.2, -0.15) is 5.10 Å². The second kappa shape index (κ2) is 4.61. The maximum Gasteiger partial charge on any atom is 0.250 e. The average Bonchev–Trinajstić information content (AvgIpc) is 2.98. The molecule has 2 aliphatic rings. The lowest BCUT2D eigenvalue weighted by Crippen LogP contribution is -2.38. The Balaban J connectivity index is 1.66. The fraction of sp³-hybridized carbons (Fsp3) is 0.692. The maximum atomic E-state index is 12.3. The molecule has 1 saturated carbocycles. The van der Waals surface area contributed by atoms with E-state index in [1.54, 1.807) is 13.1 Å². The summed E-state index contributed by atoms with van der Waals surface area (Å²) in [6.45, 7) is 3.12. The third-order valence-corrected chi connectivity index (χ3v) is 4.07. The number of carbonyl (C=O) groups is 1. The van der Waals surface area contributed by atoms with Crippen molar-refractivity contribution in [1.29, 1.82) is 0 Å². The van der Waals surface area contributed by atoms with Crippen LogP contribution in [-0.2, 0) is 9.47 Å². The topological polar surface area (TPSA) is 79.4 Å². The first-order valence-corrected chi connectivity index (χ1v) is 6.73. The molecular weight excluding hydrogens is 246 g/mol. The summed E-state index contributed by atoms with van der Waals surface area (Å²) in [5, 5.41) is 4.15. The van der Waals surface area contributed by atoms with Crippen molar-refractivity contribution in [2.45, 2.75) is 38.4 Å². The van der Waals surface area contributed by atoms with Gasteiger partial charge in [0.05, 0.1) is 30.8 Å². The van der Waals surface area contributed by atoms with E-state index in [0.29, 0.717) is 24.6 Å². The maximum absolute atomic E-state index is 12.3. The summed E-state index contributed by atoms with van der Waals surface area (Å²) in [6, 6.07) is 0. The Morgan fingerprint density at radius 2 is 2.05 bits per heavy atom. The van der Waals surface area contributed by atoms with Crippen LogP contribution in [0.4, 0.5) is 5.69 Å². The lowest BCUT2D eigenvalue weighted by molar-refractivity contribution is -0.180. The van der Waals surface area contributed by atoms with Gasteiger partial charge in [0.1, 0.15) is 0 Å². The van der Waals surface area contributed by atoms with Crippen LogP contribution < -0.4 is 5.73 Å². The van der Waals surface area contributed by atoms with E-state index in [9.17, 15) is 4.79 Å². The predicted molar refractivity (Wildman–Crippen MR) is 68.6 cm³/mol. The molecule has 1 spiro atoms. The zero-order valence-corrected chi connectivity index (χ0v) is 11.1. The molecule has 0 atom stereocenters. The van der Waals surface area contributed by atoms with Gasteiger partial charge in [-0.25, -0.2) is 4.68 Å². The van der Waals surface area contributed by atoms with Gasteiger partial charge in [-0.05, 0) is 19.8 Å². The molecule has 3 rings (SSSR count). The van der Waals surface area contributed by atoms with Crippen molar-refractivity contribution < 1.29 is 14.3 Å². The molecule has 1 aliphatic heterocycles. The van der Waals surface area contributed by atoms with Gasteiger partial charge in [0.25, 0.3) is 0 Å². The molecule has 0 amide bonds. The number of aryl methyl sites for hydroxylation is 1.